The molecule has 0 N–H and O–H groups in total. The summed E-state index contributed by atoms with van der Waals surface area (Å²) in [6, 6.07) is 8.87. The van der Waals surface area contributed by atoms with Crippen molar-refractivity contribution in [1.82, 2.24) is 0 Å². The first kappa shape index (κ1) is 11.2. The number of alkyl halides is 1. The number of hydrogen-bond acceptors (Lipinski definition) is 3. The van der Waals surface area contributed by atoms with Crippen LogP contribution in [0.3, 0.4) is 0 Å². The number of benzene rings is 1. The van der Waals surface area contributed by atoms with Crippen molar-refractivity contribution in [2.75, 3.05) is 6.61 Å². The monoisotopic (exact) mass is 207 g/mol. The van der Waals surface area contributed by atoms with E-state index in [1.54, 1.807) is 25.1 Å². The molecule has 1 rings (SSSR count). The van der Waals surface area contributed by atoms with Crippen molar-refractivity contribution in [3.8, 4) is 6.07 Å². The summed E-state index contributed by atoms with van der Waals surface area (Å²) in [5, 5.41) is 8.71. The van der Waals surface area contributed by atoms with E-state index in [2.05, 4.69) is 4.74 Å². The van der Waals surface area contributed by atoms with Gasteiger partial charge < -0.3 is 4.74 Å². The Morgan fingerprint density at radius 2 is 2.13 bits per heavy atom. The van der Waals surface area contributed by atoms with Gasteiger partial charge in [0.15, 0.2) is 0 Å². The molecule has 0 spiro atoms. The summed E-state index contributed by atoms with van der Waals surface area (Å²) < 4.78 is 18.5. The van der Waals surface area contributed by atoms with E-state index in [0.717, 1.165) is 0 Å². The lowest BCUT2D eigenvalue weighted by Gasteiger charge is -2.15. The summed E-state index contributed by atoms with van der Waals surface area (Å²) in [7, 11) is 0. The number of nitrogens with zero attached hydrogens (tertiary/aromatic N) is 1. The van der Waals surface area contributed by atoms with Gasteiger partial charge in [0.25, 0.3) is 0 Å². The molecule has 1 aromatic carbocycles. The second kappa shape index (κ2) is 4.56. The normalized spacial score (nSPS) is 13.7. The Kier molecular flexibility index (Phi) is 3.40. The fourth-order valence-corrected chi connectivity index (χ4v) is 1.13. The van der Waals surface area contributed by atoms with Crippen LogP contribution < -0.4 is 0 Å². The fraction of sp³-hybridized carbons (Fsp3) is 0.273. The SMILES string of the molecule is CCOC(=O)[C@](F)(C#N)c1ccccc1. The highest BCUT2D eigenvalue weighted by molar-refractivity contribution is 5.84. The summed E-state index contributed by atoms with van der Waals surface area (Å²) in [4.78, 5) is 11.3. The number of nitriles is 1. The van der Waals surface area contributed by atoms with Gasteiger partial charge in [-0.25, -0.2) is 9.18 Å². The zero-order chi connectivity index (χ0) is 11.3. The molecule has 0 aromatic heterocycles. The minimum Gasteiger partial charge on any atom is -0.463 e. The van der Waals surface area contributed by atoms with Gasteiger partial charge in [0.2, 0.25) is 0 Å². The van der Waals surface area contributed by atoms with E-state index in [4.69, 9.17) is 5.26 Å². The molecule has 0 radical (unpaired) electrons. The maximum Gasteiger partial charge on any atom is 0.363 e. The van der Waals surface area contributed by atoms with Gasteiger partial charge in [0, 0.05) is 5.56 Å². The predicted octanol–water partition coefficient (Wildman–Crippen LogP) is 1.94. The third-order valence-corrected chi connectivity index (χ3v) is 1.88. The smallest absolute Gasteiger partial charge is 0.363 e. The number of rotatable bonds is 3. The molecule has 1 atom stereocenters. The first-order chi connectivity index (χ1) is 7.15. The lowest BCUT2D eigenvalue weighted by atomic mass is 9.98. The van der Waals surface area contributed by atoms with Crippen molar-refractivity contribution in [3.63, 3.8) is 0 Å². The Balaban J connectivity index is 3.07. The number of esters is 1. The van der Waals surface area contributed by atoms with Gasteiger partial charge in [-0.3, -0.25) is 0 Å². The van der Waals surface area contributed by atoms with Crippen LogP contribution in [0, 0.1) is 11.3 Å². The van der Waals surface area contributed by atoms with Crippen LogP contribution in [-0.2, 0) is 15.2 Å². The van der Waals surface area contributed by atoms with Gasteiger partial charge in [-0.2, -0.15) is 5.26 Å². The molecule has 15 heavy (non-hydrogen) atoms. The Morgan fingerprint density at radius 3 is 2.60 bits per heavy atom. The standard InChI is InChI=1S/C11H10FNO2/c1-2-15-10(14)11(12,8-13)9-6-4-3-5-7-9/h3-7H,2H2,1H3/t11-/m0/s1. The van der Waals surface area contributed by atoms with Crippen molar-refractivity contribution >= 4 is 5.97 Å². The van der Waals surface area contributed by atoms with Gasteiger partial charge in [0.05, 0.1) is 6.61 Å². The molecule has 0 amide bonds. The molecule has 0 aliphatic rings. The highest BCUT2D eigenvalue weighted by atomic mass is 19.1. The molecule has 0 bridgehead atoms. The van der Waals surface area contributed by atoms with Crippen molar-refractivity contribution in [3.05, 3.63) is 35.9 Å². The highest BCUT2D eigenvalue weighted by Gasteiger charge is 2.42. The van der Waals surface area contributed by atoms with Crippen LogP contribution in [0.5, 0.6) is 0 Å². The van der Waals surface area contributed by atoms with Crippen LogP contribution in [0.4, 0.5) is 4.39 Å². The first-order valence-electron chi connectivity index (χ1n) is 4.48. The molecule has 0 saturated carbocycles. The van der Waals surface area contributed by atoms with E-state index in [0.29, 0.717) is 0 Å². The quantitative estimate of drug-likeness (QED) is 0.711. The average Bonchev–Trinajstić information content (AvgIpc) is 2.29. The van der Waals surface area contributed by atoms with Crippen LogP contribution in [0.25, 0.3) is 0 Å². The van der Waals surface area contributed by atoms with Gasteiger partial charge in [-0.05, 0) is 6.92 Å². The van der Waals surface area contributed by atoms with E-state index in [1.807, 2.05) is 0 Å². The van der Waals surface area contributed by atoms with Crippen molar-refractivity contribution in [2.24, 2.45) is 0 Å². The minimum absolute atomic E-state index is 0.00838. The van der Waals surface area contributed by atoms with Crippen molar-refractivity contribution in [1.29, 1.82) is 5.26 Å². The molecular weight excluding hydrogens is 197 g/mol. The van der Waals surface area contributed by atoms with Gasteiger partial charge >= 0.3 is 11.6 Å². The van der Waals surface area contributed by atoms with E-state index in [9.17, 15) is 9.18 Å². The molecule has 4 heteroatoms. The van der Waals surface area contributed by atoms with E-state index >= 15 is 0 Å². The first-order valence-corrected chi connectivity index (χ1v) is 4.48. The Bertz CT molecular complexity index is 385. The lowest BCUT2D eigenvalue weighted by Crippen LogP contribution is -2.31. The number of hydrogen-bond donors (Lipinski definition) is 0. The van der Waals surface area contributed by atoms with Crippen LogP contribution in [0.2, 0.25) is 0 Å². The molecule has 0 heterocycles. The van der Waals surface area contributed by atoms with Crippen molar-refractivity contribution < 1.29 is 13.9 Å². The molecular formula is C11H10FNO2. The van der Waals surface area contributed by atoms with Gasteiger partial charge in [0.1, 0.15) is 6.07 Å². The van der Waals surface area contributed by atoms with Crippen molar-refractivity contribution in [2.45, 2.75) is 12.6 Å². The molecule has 1 aromatic rings. The molecule has 0 saturated heterocycles. The Labute approximate surface area is 87.1 Å². The van der Waals surface area contributed by atoms with Crippen LogP contribution in [0.1, 0.15) is 12.5 Å². The Morgan fingerprint density at radius 1 is 1.53 bits per heavy atom. The lowest BCUT2D eigenvalue weighted by molar-refractivity contribution is -0.154. The summed E-state index contributed by atoms with van der Waals surface area (Å²) in [5.74, 6) is -1.17. The second-order valence-electron chi connectivity index (χ2n) is 2.86. The van der Waals surface area contributed by atoms with Crippen LogP contribution >= 0.6 is 0 Å². The highest BCUT2D eigenvalue weighted by Crippen LogP contribution is 2.26. The maximum atomic E-state index is 14.0. The molecule has 0 aliphatic carbocycles. The minimum atomic E-state index is -2.71. The Hall–Kier alpha value is -1.89. The zero-order valence-corrected chi connectivity index (χ0v) is 8.24. The van der Waals surface area contributed by atoms with Crippen LogP contribution in [-0.4, -0.2) is 12.6 Å². The molecule has 0 fully saturated rings. The van der Waals surface area contributed by atoms with Gasteiger partial charge in [-0.1, -0.05) is 30.3 Å². The summed E-state index contributed by atoms with van der Waals surface area (Å²) in [5.41, 5.74) is -2.72. The largest absolute Gasteiger partial charge is 0.463 e. The zero-order valence-electron chi connectivity index (χ0n) is 8.24. The topological polar surface area (TPSA) is 50.1 Å². The number of halogens is 1. The summed E-state index contributed by atoms with van der Waals surface area (Å²) in [6.07, 6.45) is 0. The maximum absolute atomic E-state index is 14.0. The number of ether oxygens (including phenoxy) is 1. The number of carbonyl (C=O) groups is 1. The fourth-order valence-electron chi connectivity index (χ4n) is 1.13. The molecule has 3 nitrogen and oxygen atoms in total. The van der Waals surface area contributed by atoms with Gasteiger partial charge in [-0.15, -0.1) is 0 Å². The molecule has 0 unspecified atom stereocenters. The van der Waals surface area contributed by atoms with E-state index in [-0.39, 0.29) is 12.2 Å². The molecule has 78 valence electrons. The summed E-state index contributed by atoms with van der Waals surface area (Å²) in [6.45, 7) is 1.60. The van der Waals surface area contributed by atoms with Crippen LogP contribution in [0.15, 0.2) is 30.3 Å². The average molecular weight is 207 g/mol. The number of carbonyl (C=O) groups excluding carboxylic acids is 1. The molecule has 0 aliphatic heterocycles. The third-order valence-electron chi connectivity index (χ3n) is 1.88. The van der Waals surface area contributed by atoms with E-state index < -0.39 is 11.6 Å². The van der Waals surface area contributed by atoms with E-state index in [1.165, 1.54) is 18.2 Å². The summed E-state index contributed by atoms with van der Waals surface area (Å²) >= 11 is 0. The predicted molar refractivity (Wildman–Crippen MR) is 51.5 cm³/mol. The third kappa shape index (κ3) is 2.13. The second-order valence-corrected chi connectivity index (χ2v) is 2.86.